The van der Waals surface area contributed by atoms with Crippen LogP contribution in [-0.2, 0) is 28.7 Å². The molecule has 0 unspecified atom stereocenters. The number of ether oxygens (including phenoxy) is 3. The minimum atomic E-state index is -4.51. The van der Waals surface area contributed by atoms with Gasteiger partial charge in [-0.05, 0) is 81.0 Å². The highest BCUT2D eigenvalue weighted by Crippen LogP contribution is 2.38. The first-order valence-corrected chi connectivity index (χ1v) is 11.6. The second kappa shape index (κ2) is 10.4. The lowest BCUT2D eigenvalue weighted by molar-refractivity contribution is -0.143. The molecular formula is C26H28F3NO4. The van der Waals surface area contributed by atoms with Crippen molar-refractivity contribution in [1.82, 2.24) is 4.98 Å². The third kappa shape index (κ3) is 6.04. The van der Waals surface area contributed by atoms with Gasteiger partial charge in [0.05, 0.1) is 24.7 Å². The third-order valence-corrected chi connectivity index (χ3v) is 5.90. The van der Waals surface area contributed by atoms with Crippen LogP contribution < -0.4 is 9.47 Å². The van der Waals surface area contributed by atoms with E-state index in [0.29, 0.717) is 24.3 Å². The van der Waals surface area contributed by atoms with Gasteiger partial charge in [0, 0.05) is 16.6 Å². The predicted molar refractivity (Wildman–Crippen MR) is 122 cm³/mol. The first kappa shape index (κ1) is 24.0. The van der Waals surface area contributed by atoms with Crippen molar-refractivity contribution in [2.24, 2.45) is 0 Å². The molecule has 2 aromatic carbocycles. The minimum Gasteiger partial charge on any atom is -0.490 e. The van der Waals surface area contributed by atoms with Crippen LogP contribution in [0.3, 0.4) is 0 Å². The summed E-state index contributed by atoms with van der Waals surface area (Å²) >= 11 is 0. The van der Waals surface area contributed by atoms with Crippen molar-refractivity contribution < 1.29 is 32.2 Å². The van der Waals surface area contributed by atoms with E-state index in [-0.39, 0.29) is 30.9 Å². The van der Waals surface area contributed by atoms with Gasteiger partial charge < -0.3 is 19.2 Å². The third-order valence-electron chi connectivity index (χ3n) is 5.90. The lowest BCUT2D eigenvalue weighted by atomic mass is 10.1. The van der Waals surface area contributed by atoms with Gasteiger partial charge in [0.1, 0.15) is 18.1 Å². The van der Waals surface area contributed by atoms with Crippen LogP contribution in [-0.4, -0.2) is 23.7 Å². The number of hydrogen-bond acceptors (Lipinski definition) is 4. The zero-order chi connectivity index (χ0) is 24.1. The molecule has 0 amide bonds. The van der Waals surface area contributed by atoms with Gasteiger partial charge in [-0.2, -0.15) is 13.2 Å². The number of alkyl halides is 3. The molecule has 1 aromatic heterocycles. The highest BCUT2D eigenvalue weighted by atomic mass is 19.4. The quantitative estimate of drug-likeness (QED) is 0.355. The van der Waals surface area contributed by atoms with E-state index in [4.69, 9.17) is 14.2 Å². The zero-order valence-electron chi connectivity index (χ0n) is 19.0. The first-order valence-electron chi connectivity index (χ1n) is 11.6. The van der Waals surface area contributed by atoms with Crippen molar-refractivity contribution in [2.75, 3.05) is 6.61 Å². The highest BCUT2D eigenvalue weighted by Gasteiger charge is 2.35. The largest absolute Gasteiger partial charge is 0.490 e. The molecule has 1 aliphatic rings. The Morgan fingerprint density at radius 2 is 1.88 bits per heavy atom. The molecule has 1 fully saturated rings. The minimum absolute atomic E-state index is 0.00155. The molecular weight excluding hydrogens is 447 g/mol. The number of aromatic amines is 1. The number of fused-ring (bicyclic) bond motifs is 1. The van der Waals surface area contributed by atoms with Crippen molar-refractivity contribution in [2.45, 2.75) is 64.3 Å². The molecule has 1 aliphatic carbocycles. The van der Waals surface area contributed by atoms with E-state index in [1.165, 1.54) is 6.07 Å². The van der Waals surface area contributed by atoms with Crippen LogP contribution in [0.25, 0.3) is 10.9 Å². The molecule has 3 aromatic rings. The van der Waals surface area contributed by atoms with Gasteiger partial charge >= 0.3 is 12.1 Å². The number of nitrogens with one attached hydrogen (secondary N) is 1. The molecule has 0 radical (unpaired) electrons. The van der Waals surface area contributed by atoms with Crippen LogP contribution in [0, 0.1) is 0 Å². The predicted octanol–water partition coefficient (Wildman–Crippen LogP) is 6.58. The maximum Gasteiger partial charge on any atom is 0.419 e. The molecule has 182 valence electrons. The number of halogens is 3. The van der Waals surface area contributed by atoms with Crippen molar-refractivity contribution >= 4 is 16.9 Å². The standard InChI is InChI=1S/C26H28F3NO4/c1-2-32-25(31)12-8-19-14-18-15-21(9-10-23(18)30-19)33-16-17-7-11-24(22(13-17)26(27,28)29)34-20-5-3-4-6-20/h7,9-11,13-15,20,30H,2-6,8,12,16H2,1H3. The summed E-state index contributed by atoms with van der Waals surface area (Å²) in [6.45, 7) is 2.12. The fraction of sp³-hybridized carbons (Fsp3) is 0.423. The fourth-order valence-electron chi connectivity index (χ4n) is 4.21. The highest BCUT2D eigenvalue weighted by molar-refractivity contribution is 5.82. The Morgan fingerprint density at radius 3 is 2.62 bits per heavy atom. The summed E-state index contributed by atoms with van der Waals surface area (Å²) in [5.74, 6) is 0.179. The number of aryl methyl sites for hydroxylation is 1. The van der Waals surface area contributed by atoms with Gasteiger partial charge in [-0.25, -0.2) is 0 Å². The van der Waals surface area contributed by atoms with Crippen LogP contribution in [0.2, 0.25) is 0 Å². The Morgan fingerprint density at radius 1 is 1.09 bits per heavy atom. The van der Waals surface area contributed by atoms with Gasteiger partial charge in [0.15, 0.2) is 0 Å². The average molecular weight is 476 g/mol. The SMILES string of the molecule is CCOC(=O)CCc1cc2cc(OCc3ccc(OC4CCCC4)c(C(F)(F)F)c3)ccc2[nH]1. The van der Waals surface area contributed by atoms with Crippen molar-refractivity contribution in [3.63, 3.8) is 0 Å². The van der Waals surface area contributed by atoms with Gasteiger partial charge in [-0.15, -0.1) is 0 Å². The monoisotopic (exact) mass is 475 g/mol. The number of carbonyl (C=O) groups is 1. The van der Waals surface area contributed by atoms with Gasteiger partial charge in [0.2, 0.25) is 0 Å². The van der Waals surface area contributed by atoms with Gasteiger partial charge in [-0.3, -0.25) is 4.79 Å². The Hall–Kier alpha value is -3.16. The Kier molecular flexibility index (Phi) is 7.34. The maximum atomic E-state index is 13.6. The van der Waals surface area contributed by atoms with E-state index in [2.05, 4.69) is 4.98 Å². The molecule has 0 atom stereocenters. The molecule has 0 aliphatic heterocycles. The lowest BCUT2D eigenvalue weighted by Crippen LogP contribution is -2.16. The van der Waals surface area contributed by atoms with E-state index < -0.39 is 11.7 Å². The lowest BCUT2D eigenvalue weighted by Gasteiger charge is -2.19. The molecule has 8 heteroatoms. The van der Waals surface area contributed by atoms with E-state index in [1.807, 2.05) is 18.2 Å². The van der Waals surface area contributed by atoms with Crippen LogP contribution in [0.5, 0.6) is 11.5 Å². The maximum absolute atomic E-state index is 13.6. The molecule has 4 rings (SSSR count). The number of rotatable bonds is 9. The molecule has 0 saturated heterocycles. The van der Waals surface area contributed by atoms with Gasteiger partial charge in [0.25, 0.3) is 0 Å². The number of aromatic nitrogens is 1. The molecule has 1 saturated carbocycles. The topological polar surface area (TPSA) is 60.6 Å². The second-order valence-corrected chi connectivity index (χ2v) is 8.49. The summed E-state index contributed by atoms with van der Waals surface area (Å²) in [4.78, 5) is 14.8. The number of esters is 1. The van der Waals surface area contributed by atoms with Gasteiger partial charge in [-0.1, -0.05) is 6.07 Å². The molecule has 1 heterocycles. The molecule has 0 spiro atoms. The van der Waals surface area contributed by atoms with Crippen molar-refractivity contribution in [3.8, 4) is 11.5 Å². The van der Waals surface area contributed by atoms with Crippen LogP contribution in [0.4, 0.5) is 13.2 Å². The summed E-state index contributed by atoms with van der Waals surface area (Å²) < 4.78 is 57.3. The summed E-state index contributed by atoms with van der Waals surface area (Å²) in [6.07, 6.45) is -0.312. The van der Waals surface area contributed by atoms with Crippen molar-refractivity contribution in [1.29, 1.82) is 0 Å². The molecule has 1 N–H and O–H groups in total. The molecule has 34 heavy (non-hydrogen) atoms. The van der Waals surface area contributed by atoms with Crippen LogP contribution in [0.1, 0.15) is 55.8 Å². The summed E-state index contributed by atoms with van der Waals surface area (Å²) in [5, 5.41) is 0.896. The van der Waals surface area contributed by atoms with E-state index >= 15 is 0 Å². The molecule has 0 bridgehead atoms. The number of carbonyl (C=O) groups excluding carboxylic acids is 1. The summed E-state index contributed by atoms with van der Waals surface area (Å²) in [5.41, 5.74) is 1.43. The average Bonchev–Trinajstić information content (AvgIpc) is 3.45. The Bertz CT molecular complexity index is 1130. The van der Waals surface area contributed by atoms with Crippen molar-refractivity contribution in [3.05, 3.63) is 59.3 Å². The van der Waals surface area contributed by atoms with E-state index in [0.717, 1.165) is 48.3 Å². The fourth-order valence-corrected chi connectivity index (χ4v) is 4.21. The smallest absolute Gasteiger partial charge is 0.419 e. The van der Waals surface area contributed by atoms with E-state index in [1.54, 1.807) is 19.1 Å². The van der Waals surface area contributed by atoms with E-state index in [9.17, 15) is 18.0 Å². The normalized spacial score (nSPS) is 14.5. The zero-order valence-corrected chi connectivity index (χ0v) is 19.0. The molecule has 5 nitrogen and oxygen atoms in total. The second-order valence-electron chi connectivity index (χ2n) is 8.49. The number of H-pyrrole nitrogens is 1. The number of hydrogen-bond donors (Lipinski definition) is 1. The summed E-state index contributed by atoms with van der Waals surface area (Å²) in [7, 11) is 0. The summed E-state index contributed by atoms with van der Waals surface area (Å²) in [6, 6.07) is 11.5. The van der Waals surface area contributed by atoms with Crippen LogP contribution >= 0.6 is 0 Å². The van der Waals surface area contributed by atoms with Crippen LogP contribution in [0.15, 0.2) is 42.5 Å². The number of benzene rings is 2. The first-order chi connectivity index (χ1) is 16.3. The Labute approximate surface area is 196 Å². The Balaban J connectivity index is 1.42.